The van der Waals surface area contributed by atoms with E-state index in [1.165, 1.54) is 6.07 Å². The van der Waals surface area contributed by atoms with Gasteiger partial charge in [0.25, 0.3) is 0 Å². The summed E-state index contributed by atoms with van der Waals surface area (Å²) in [5.74, 6) is -0.488. The number of hydrogen-bond donors (Lipinski definition) is 4. The quantitative estimate of drug-likeness (QED) is 0.397. The van der Waals surface area contributed by atoms with Gasteiger partial charge in [0, 0.05) is 23.8 Å². The molecule has 1 fully saturated rings. The number of nitrogens with two attached hydrogens (primary N) is 1. The molecule has 1 aliphatic rings. The Morgan fingerprint density at radius 3 is 2.64 bits per heavy atom. The third kappa shape index (κ3) is 5.82. The van der Waals surface area contributed by atoms with Crippen LogP contribution in [-0.4, -0.2) is 24.3 Å². The summed E-state index contributed by atoms with van der Waals surface area (Å²) in [5, 5.41) is 13.9. The largest absolute Gasteiger partial charge is 0.352 e. The molecule has 1 heterocycles. The number of nitrogens with one attached hydrogen (secondary N) is 3. The summed E-state index contributed by atoms with van der Waals surface area (Å²) in [6, 6.07) is 11.8. The monoisotopic (exact) mass is 470 g/mol. The van der Waals surface area contributed by atoms with Crippen LogP contribution >= 0.6 is 0 Å². The third-order valence-electron chi connectivity index (χ3n) is 5.10. The van der Waals surface area contributed by atoms with Crippen LogP contribution in [0.25, 0.3) is 0 Å². The number of carbonyl (C=O) groups excluding carboxylic acids is 1. The molecule has 1 saturated carbocycles. The van der Waals surface area contributed by atoms with Crippen molar-refractivity contribution in [3.8, 4) is 0 Å². The van der Waals surface area contributed by atoms with E-state index in [1.54, 1.807) is 37.3 Å². The van der Waals surface area contributed by atoms with Crippen LogP contribution in [-0.2, 0) is 21.4 Å². The lowest BCUT2D eigenvalue weighted by atomic mass is 10.2. The van der Waals surface area contributed by atoms with E-state index >= 15 is 0 Å². The first-order chi connectivity index (χ1) is 15.7. The van der Waals surface area contributed by atoms with Gasteiger partial charge >= 0.3 is 0 Å². The van der Waals surface area contributed by atoms with Gasteiger partial charge in [-0.05, 0) is 55.2 Å². The topological polar surface area (TPSA) is 139 Å². The SMILES string of the molecule is Cc1ccc(Nc2ncc(F)c(Nc3cccc(CNC(=O)C4CC4)c3)n2)cc1S(N)(=O)=O. The van der Waals surface area contributed by atoms with Crippen LogP contribution in [0.4, 0.5) is 27.5 Å². The molecule has 9 nitrogen and oxygen atoms in total. The second-order valence-corrected chi connectivity index (χ2v) is 9.39. The summed E-state index contributed by atoms with van der Waals surface area (Å²) < 4.78 is 37.8. The van der Waals surface area contributed by atoms with Crippen molar-refractivity contribution in [1.29, 1.82) is 0 Å². The van der Waals surface area contributed by atoms with E-state index in [0.717, 1.165) is 24.6 Å². The van der Waals surface area contributed by atoms with E-state index in [1.807, 2.05) is 6.07 Å². The minimum atomic E-state index is -3.90. The standard InChI is InChI=1S/C22H23FN6O3S/c1-13-5-8-17(10-19(13)33(24,31)32)28-22-26-12-18(23)20(29-22)27-16-4-2-3-14(9-16)11-25-21(30)15-6-7-15/h2-5,8-10,12,15H,6-7,11H2,1H3,(H,25,30)(H2,24,31,32)(H2,26,27,28,29). The molecule has 0 atom stereocenters. The van der Waals surface area contributed by atoms with E-state index in [0.29, 0.717) is 23.5 Å². The predicted octanol–water partition coefficient (Wildman–Crippen LogP) is 3.08. The van der Waals surface area contributed by atoms with Crippen LogP contribution in [0.2, 0.25) is 0 Å². The highest BCUT2D eigenvalue weighted by molar-refractivity contribution is 7.89. The normalized spacial score (nSPS) is 13.4. The highest BCUT2D eigenvalue weighted by atomic mass is 32.2. The van der Waals surface area contributed by atoms with Crippen molar-refractivity contribution in [3.63, 3.8) is 0 Å². The zero-order valence-electron chi connectivity index (χ0n) is 17.8. The molecule has 0 saturated heterocycles. The van der Waals surface area contributed by atoms with Gasteiger partial charge in [-0.3, -0.25) is 4.79 Å². The fourth-order valence-electron chi connectivity index (χ4n) is 3.20. The molecule has 33 heavy (non-hydrogen) atoms. The summed E-state index contributed by atoms with van der Waals surface area (Å²) in [6.07, 6.45) is 2.87. The van der Waals surface area contributed by atoms with Crippen molar-refractivity contribution in [2.75, 3.05) is 10.6 Å². The van der Waals surface area contributed by atoms with Gasteiger partial charge in [-0.25, -0.2) is 22.9 Å². The molecule has 5 N–H and O–H groups in total. The molecule has 1 aromatic heterocycles. The van der Waals surface area contributed by atoms with Gasteiger partial charge in [-0.2, -0.15) is 4.98 Å². The number of amides is 1. The van der Waals surface area contributed by atoms with Crippen molar-refractivity contribution < 1.29 is 17.6 Å². The van der Waals surface area contributed by atoms with Crippen molar-refractivity contribution >= 4 is 39.1 Å². The van der Waals surface area contributed by atoms with Gasteiger partial charge < -0.3 is 16.0 Å². The van der Waals surface area contributed by atoms with Crippen molar-refractivity contribution in [2.24, 2.45) is 11.1 Å². The van der Waals surface area contributed by atoms with Crippen molar-refractivity contribution in [3.05, 3.63) is 65.6 Å². The van der Waals surface area contributed by atoms with Crippen LogP contribution in [0, 0.1) is 18.7 Å². The first-order valence-corrected chi connectivity index (χ1v) is 11.8. The number of halogens is 1. The lowest BCUT2D eigenvalue weighted by molar-refractivity contribution is -0.122. The number of primary sulfonamides is 1. The van der Waals surface area contributed by atoms with E-state index in [2.05, 4.69) is 25.9 Å². The number of aryl methyl sites for hydroxylation is 1. The number of benzene rings is 2. The molecule has 0 bridgehead atoms. The Balaban J connectivity index is 1.49. The lowest BCUT2D eigenvalue weighted by Crippen LogP contribution is -2.24. The summed E-state index contributed by atoms with van der Waals surface area (Å²) in [7, 11) is -3.90. The molecule has 11 heteroatoms. The molecule has 4 rings (SSSR count). The van der Waals surface area contributed by atoms with Crippen molar-refractivity contribution in [2.45, 2.75) is 31.2 Å². The molecular weight excluding hydrogens is 447 g/mol. The molecule has 3 aromatic rings. The molecule has 0 unspecified atom stereocenters. The maximum atomic E-state index is 14.3. The van der Waals surface area contributed by atoms with Crippen LogP contribution < -0.4 is 21.1 Å². The molecule has 0 spiro atoms. The number of aromatic nitrogens is 2. The minimum Gasteiger partial charge on any atom is -0.352 e. The van der Waals surface area contributed by atoms with Gasteiger partial charge in [0.15, 0.2) is 11.6 Å². The summed E-state index contributed by atoms with van der Waals surface area (Å²) >= 11 is 0. The molecular formula is C22H23FN6O3S. The van der Waals surface area contributed by atoms with Gasteiger partial charge in [0.05, 0.1) is 11.1 Å². The summed E-state index contributed by atoms with van der Waals surface area (Å²) in [5.41, 5.74) is 2.33. The molecule has 0 radical (unpaired) electrons. The number of hydrogen-bond acceptors (Lipinski definition) is 7. The fourth-order valence-corrected chi connectivity index (χ4v) is 4.01. The first-order valence-electron chi connectivity index (χ1n) is 10.3. The van der Waals surface area contributed by atoms with E-state index < -0.39 is 15.8 Å². The second kappa shape index (κ2) is 9.12. The zero-order valence-corrected chi connectivity index (χ0v) is 18.6. The first kappa shape index (κ1) is 22.6. The summed E-state index contributed by atoms with van der Waals surface area (Å²) in [4.78, 5) is 19.9. The Kier molecular flexibility index (Phi) is 6.25. The molecule has 172 valence electrons. The molecule has 1 amide bonds. The Bertz CT molecular complexity index is 1310. The number of carbonyl (C=O) groups is 1. The summed E-state index contributed by atoms with van der Waals surface area (Å²) in [6.45, 7) is 2.01. The number of anilines is 4. The van der Waals surface area contributed by atoms with E-state index in [9.17, 15) is 17.6 Å². The smallest absolute Gasteiger partial charge is 0.238 e. The number of nitrogens with zero attached hydrogens (tertiary/aromatic N) is 2. The van der Waals surface area contributed by atoms with Gasteiger partial charge in [-0.15, -0.1) is 0 Å². The average Bonchev–Trinajstić information content (AvgIpc) is 3.61. The van der Waals surface area contributed by atoms with Gasteiger partial charge in [0.1, 0.15) is 0 Å². The highest BCUT2D eigenvalue weighted by Crippen LogP contribution is 2.29. The lowest BCUT2D eigenvalue weighted by Gasteiger charge is -2.12. The predicted molar refractivity (Wildman–Crippen MR) is 122 cm³/mol. The second-order valence-electron chi connectivity index (χ2n) is 7.86. The molecule has 2 aromatic carbocycles. The average molecular weight is 471 g/mol. The Morgan fingerprint density at radius 1 is 1.15 bits per heavy atom. The van der Waals surface area contributed by atoms with E-state index in [-0.39, 0.29) is 28.5 Å². The Hall–Kier alpha value is -3.57. The Labute approximate surface area is 190 Å². The number of sulfonamides is 1. The maximum absolute atomic E-state index is 14.3. The van der Waals surface area contributed by atoms with Gasteiger partial charge in [0.2, 0.25) is 21.9 Å². The molecule has 1 aliphatic carbocycles. The maximum Gasteiger partial charge on any atom is 0.238 e. The Morgan fingerprint density at radius 2 is 1.91 bits per heavy atom. The minimum absolute atomic E-state index is 0.0291. The molecule has 0 aliphatic heterocycles. The highest BCUT2D eigenvalue weighted by Gasteiger charge is 2.29. The van der Waals surface area contributed by atoms with Crippen LogP contribution in [0.5, 0.6) is 0 Å². The van der Waals surface area contributed by atoms with Crippen LogP contribution in [0.3, 0.4) is 0 Å². The van der Waals surface area contributed by atoms with Crippen molar-refractivity contribution in [1.82, 2.24) is 15.3 Å². The van der Waals surface area contributed by atoms with Crippen LogP contribution in [0.1, 0.15) is 24.0 Å². The third-order valence-corrected chi connectivity index (χ3v) is 6.15. The fraction of sp³-hybridized carbons (Fsp3) is 0.227. The van der Waals surface area contributed by atoms with E-state index in [4.69, 9.17) is 5.14 Å². The number of rotatable bonds is 8. The van der Waals surface area contributed by atoms with Crippen LogP contribution in [0.15, 0.2) is 53.6 Å². The van der Waals surface area contributed by atoms with Gasteiger partial charge in [-0.1, -0.05) is 18.2 Å². The zero-order chi connectivity index (χ0) is 23.6.